The van der Waals surface area contributed by atoms with Gasteiger partial charge >= 0.3 is 0 Å². The van der Waals surface area contributed by atoms with Crippen LogP contribution in [0.3, 0.4) is 0 Å². The highest BCUT2D eigenvalue weighted by atomic mass is 16.5. The molecule has 1 aliphatic carbocycles. The van der Waals surface area contributed by atoms with E-state index >= 15 is 0 Å². The summed E-state index contributed by atoms with van der Waals surface area (Å²) in [6, 6.07) is 5.55. The van der Waals surface area contributed by atoms with E-state index in [0.717, 1.165) is 5.56 Å². The van der Waals surface area contributed by atoms with Crippen LogP contribution in [0, 0.1) is 5.92 Å². The molecule has 0 N–H and O–H groups in total. The lowest BCUT2D eigenvalue weighted by atomic mass is 9.75. The SMILES string of the molecule is CCOC1=CC(OC)(c2ccc(OC)c(OC)c2)C(C(=O)CC)C=C1. The quantitative estimate of drug-likeness (QED) is 0.719. The number of rotatable bonds is 8. The fourth-order valence-corrected chi connectivity index (χ4v) is 3.15. The Kier molecular flexibility index (Phi) is 6.26. The molecule has 0 spiro atoms. The van der Waals surface area contributed by atoms with E-state index in [2.05, 4.69) is 0 Å². The number of ketones is 1. The van der Waals surface area contributed by atoms with Gasteiger partial charge in [-0.3, -0.25) is 4.79 Å². The van der Waals surface area contributed by atoms with Crippen molar-refractivity contribution in [2.24, 2.45) is 5.92 Å². The summed E-state index contributed by atoms with van der Waals surface area (Å²) in [5.74, 6) is 1.54. The Hall–Kier alpha value is -2.27. The molecule has 5 nitrogen and oxygen atoms in total. The summed E-state index contributed by atoms with van der Waals surface area (Å²) in [6.07, 6.45) is 5.98. The lowest BCUT2D eigenvalue weighted by Crippen LogP contribution is -2.40. The zero-order valence-corrected chi connectivity index (χ0v) is 15.5. The van der Waals surface area contributed by atoms with Crippen molar-refractivity contribution >= 4 is 5.78 Å². The fraction of sp³-hybridized carbons (Fsp3) is 0.450. The van der Waals surface area contributed by atoms with Crippen LogP contribution in [-0.2, 0) is 19.9 Å². The summed E-state index contributed by atoms with van der Waals surface area (Å²) in [5.41, 5.74) is -0.146. The number of carbonyl (C=O) groups is 1. The van der Waals surface area contributed by atoms with Crippen LogP contribution in [0.25, 0.3) is 0 Å². The lowest BCUT2D eigenvalue weighted by molar-refractivity contribution is -0.129. The number of hydrogen-bond acceptors (Lipinski definition) is 5. The first kappa shape index (κ1) is 19.1. The Morgan fingerprint density at radius 1 is 1.12 bits per heavy atom. The fourth-order valence-electron chi connectivity index (χ4n) is 3.15. The van der Waals surface area contributed by atoms with Gasteiger partial charge in [-0.1, -0.05) is 19.1 Å². The largest absolute Gasteiger partial charge is 0.494 e. The van der Waals surface area contributed by atoms with Gasteiger partial charge in [-0.15, -0.1) is 0 Å². The molecule has 0 saturated heterocycles. The molecule has 0 radical (unpaired) electrons. The second-order valence-electron chi connectivity index (χ2n) is 5.70. The van der Waals surface area contributed by atoms with Gasteiger partial charge in [0.25, 0.3) is 0 Å². The predicted molar refractivity (Wildman–Crippen MR) is 95.9 cm³/mol. The molecule has 0 fully saturated rings. The summed E-state index contributed by atoms with van der Waals surface area (Å²) < 4.78 is 22.3. The molecule has 0 aliphatic heterocycles. The number of allylic oxidation sites excluding steroid dienone is 1. The van der Waals surface area contributed by atoms with Crippen molar-refractivity contribution in [2.75, 3.05) is 27.9 Å². The van der Waals surface area contributed by atoms with E-state index in [1.165, 1.54) is 0 Å². The predicted octanol–water partition coefficient (Wildman–Crippen LogP) is 3.63. The molecule has 2 rings (SSSR count). The molecule has 5 heteroatoms. The van der Waals surface area contributed by atoms with Gasteiger partial charge in [0, 0.05) is 13.5 Å². The maximum Gasteiger partial charge on any atom is 0.161 e. The molecule has 1 aliphatic rings. The summed E-state index contributed by atoms with van der Waals surface area (Å²) in [6.45, 7) is 4.31. The molecule has 0 bridgehead atoms. The minimum atomic E-state index is -0.952. The lowest BCUT2D eigenvalue weighted by Gasteiger charge is -2.38. The topological polar surface area (TPSA) is 54.0 Å². The summed E-state index contributed by atoms with van der Waals surface area (Å²) in [4.78, 5) is 12.6. The Balaban J connectivity index is 2.62. The molecule has 0 heterocycles. The van der Waals surface area contributed by atoms with E-state index in [-0.39, 0.29) is 5.78 Å². The average Bonchev–Trinajstić information content (AvgIpc) is 2.66. The van der Waals surface area contributed by atoms with Crippen molar-refractivity contribution in [1.29, 1.82) is 0 Å². The second kappa shape index (κ2) is 8.21. The van der Waals surface area contributed by atoms with Gasteiger partial charge in [-0.25, -0.2) is 0 Å². The van der Waals surface area contributed by atoms with Gasteiger partial charge in [0.05, 0.1) is 26.7 Å². The highest BCUT2D eigenvalue weighted by Crippen LogP contribution is 2.43. The van der Waals surface area contributed by atoms with Crippen molar-refractivity contribution < 1.29 is 23.7 Å². The normalized spacial score (nSPS) is 22.3. The van der Waals surface area contributed by atoms with E-state index in [9.17, 15) is 4.79 Å². The number of carbonyl (C=O) groups excluding carboxylic acids is 1. The van der Waals surface area contributed by atoms with Crippen molar-refractivity contribution in [3.63, 3.8) is 0 Å². The smallest absolute Gasteiger partial charge is 0.161 e. The third-order valence-corrected chi connectivity index (χ3v) is 4.45. The van der Waals surface area contributed by atoms with Crippen molar-refractivity contribution in [2.45, 2.75) is 25.9 Å². The standard InChI is InChI=1S/C20H26O5/c1-6-17(21)16-10-9-15(25-7-2)13-20(16,24-5)14-8-11-18(22-3)19(12-14)23-4/h8-13,16H,6-7H2,1-5H3. The van der Waals surface area contributed by atoms with Gasteiger partial charge in [0.2, 0.25) is 0 Å². The molecule has 136 valence electrons. The second-order valence-corrected chi connectivity index (χ2v) is 5.70. The van der Waals surface area contributed by atoms with Gasteiger partial charge in [0.1, 0.15) is 17.1 Å². The van der Waals surface area contributed by atoms with Gasteiger partial charge in [-0.05, 0) is 36.8 Å². The third-order valence-electron chi connectivity index (χ3n) is 4.45. The number of ether oxygens (including phenoxy) is 4. The van der Waals surface area contributed by atoms with Crippen LogP contribution < -0.4 is 9.47 Å². The number of methoxy groups -OCH3 is 3. The van der Waals surface area contributed by atoms with Gasteiger partial charge < -0.3 is 18.9 Å². The first-order valence-corrected chi connectivity index (χ1v) is 8.40. The first-order chi connectivity index (χ1) is 12.1. The molecule has 2 unspecified atom stereocenters. The molecule has 25 heavy (non-hydrogen) atoms. The van der Waals surface area contributed by atoms with Crippen LogP contribution in [0.15, 0.2) is 42.2 Å². The first-order valence-electron chi connectivity index (χ1n) is 8.40. The van der Waals surface area contributed by atoms with Crippen molar-refractivity contribution in [3.8, 4) is 11.5 Å². The highest BCUT2D eigenvalue weighted by Gasteiger charge is 2.44. The maximum absolute atomic E-state index is 12.6. The minimum Gasteiger partial charge on any atom is -0.494 e. The number of hydrogen-bond donors (Lipinski definition) is 0. The van der Waals surface area contributed by atoms with Crippen LogP contribution in [0.1, 0.15) is 25.8 Å². The molecule has 2 atom stereocenters. The van der Waals surface area contributed by atoms with E-state index < -0.39 is 11.5 Å². The number of benzene rings is 1. The Bertz CT molecular complexity index is 677. The Morgan fingerprint density at radius 3 is 2.40 bits per heavy atom. The Morgan fingerprint density at radius 2 is 1.84 bits per heavy atom. The van der Waals surface area contributed by atoms with E-state index in [4.69, 9.17) is 18.9 Å². The molecular formula is C20H26O5. The van der Waals surface area contributed by atoms with Gasteiger partial charge in [-0.2, -0.15) is 0 Å². The Labute approximate surface area is 149 Å². The zero-order chi connectivity index (χ0) is 18.4. The minimum absolute atomic E-state index is 0.0969. The third kappa shape index (κ3) is 3.56. The molecular weight excluding hydrogens is 320 g/mol. The van der Waals surface area contributed by atoms with E-state index in [1.807, 2.05) is 50.3 Å². The van der Waals surface area contributed by atoms with Crippen LogP contribution in [-0.4, -0.2) is 33.7 Å². The van der Waals surface area contributed by atoms with E-state index in [1.54, 1.807) is 21.3 Å². The molecule has 1 aromatic carbocycles. The van der Waals surface area contributed by atoms with Crippen LogP contribution in [0.2, 0.25) is 0 Å². The monoisotopic (exact) mass is 346 g/mol. The zero-order valence-electron chi connectivity index (χ0n) is 15.5. The maximum atomic E-state index is 12.6. The molecule has 0 aromatic heterocycles. The van der Waals surface area contributed by atoms with Crippen LogP contribution >= 0.6 is 0 Å². The van der Waals surface area contributed by atoms with Crippen molar-refractivity contribution in [3.05, 3.63) is 47.7 Å². The molecule has 0 saturated carbocycles. The summed E-state index contributed by atoms with van der Waals surface area (Å²) >= 11 is 0. The van der Waals surface area contributed by atoms with Crippen molar-refractivity contribution in [1.82, 2.24) is 0 Å². The van der Waals surface area contributed by atoms with Crippen LogP contribution in [0.4, 0.5) is 0 Å². The van der Waals surface area contributed by atoms with E-state index in [0.29, 0.717) is 30.3 Å². The molecule has 0 amide bonds. The van der Waals surface area contributed by atoms with Crippen LogP contribution in [0.5, 0.6) is 11.5 Å². The average molecular weight is 346 g/mol. The summed E-state index contributed by atoms with van der Waals surface area (Å²) in [5, 5.41) is 0. The highest BCUT2D eigenvalue weighted by molar-refractivity contribution is 5.85. The van der Waals surface area contributed by atoms with Gasteiger partial charge in [0.15, 0.2) is 11.5 Å². The number of Topliss-reactive ketones (excluding diaryl/α,β-unsaturated/α-hetero) is 1. The summed E-state index contributed by atoms with van der Waals surface area (Å²) in [7, 11) is 4.77. The molecule has 1 aromatic rings.